The van der Waals surface area contributed by atoms with Crippen LogP contribution in [0.25, 0.3) is 0 Å². The zero-order valence-electron chi connectivity index (χ0n) is 11.2. The van der Waals surface area contributed by atoms with Crippen molar-refractivity contribution >= 4 is 17.6 Å². The molecule has 0 radical (unpaired) electrons. The molecular formula is C17H15ClO2. The fourth-order valence-electron chi connectivity index (χ4n) is 2.99. The molecule has 2 atom stereocenters. The normalized spacial score (nSPS) is 24.2. The average molecular weight is 287 g/mol. The van der Waals surface area contributed by atoms with Crippen LogP contribution < -0.4 is 0 Å². The zero-order valence-corrected chi connectivity index (χ0v) is 11.9. The van der Waals surface area contributed by atoms with E-state index in [1.165, 1.54) is 7.11 Å². The fraction of sp³-hybridized carbons (Fsp3) is 0.235. The summed E-state index contributed by atoms with van der Waals surface area (Å²) < 4.78 is 5.04. The number of carbonyl (C=O) groups is 1. The monoisotopic (exact) mass is 286 g/mol. The van der Waals surface area contributed by atoms with E-state index in [4.69, 9.17) is 16.3 Å². The van der Waals surface area contributed by atoms with E-state index in [0.29, 0.717) is 5.02 Å². The van der Waals surface area contributed by atoms with E-state index in [2.05, 4.69) is 0 Å². The van der Waals surface area contributed by atoms with E-state index < -0.39 is 5.41 Å². The molecule has 0 aliphatic heterocycles. The number of rotatable bonds is 3. The first-order valence-corrected chi connectivity index (χ1v) is 6.96. The molecule has 2 aromatic carbocycles. The summed E-state index contributed by atoms with van der Waals surface area (Å²) in [6, 6.07) is 17.6. The van der Waals surface area contributed by atoms with Crippen LogP contribution in [0.3, 0.4) is 0 Å². The van der Waals surface area contributed by atoms with Gasteiger partial charge in [-0.1, -0.05) is 60.1 Å². The predicted molar refractivity (Wildman–Crippen MR) is 78.9 cm³/mol. The number of halogens is 1. The van der Waals surface area contributed by atoms with Crippen LogP contribution in [0.4, 0.5) is 0 Å². The molecule has 3 rings (SSSR count). The Labute approximate surface area is 123 Å². The van der Waals surface area contributed by atoms with E-state index in [1.54, 1.807) is 0 Å². The van der Waals surface area contributed by atoms with Crippen LogP contribution in [0.2, 0.25) is 5.02 Å². The van der Waals surface area contributed by atoms with Gasteiger partial charge < -0.3 is 4.74 Å². The van der Waals surface area contributed by atoms with Gasteiger partial charge in [-0.3, -0.25) is 4.79 Å². The van der Waals surface area contributed by atoms with Crippen LogP contribution in [-0.2, 0) is 14.9 Å². The third kappa shape index (κ3) is 1.92. The Kier molecular flexibility index (Phi) is 3.27. The van der Waals surface area contributed by atoms with Crippen molar-refractivity contribution in [3.8, 4) is 0 Å². The molecule has 0 aromatic heterocycles. The molecule has 1 saturated carbocycles. The molecule has 20 heavy (non-hydrogen) atoms. The minimum Gasteiger partial charge on any atom is -0.468 e. The summed E-state index contributed by atoms with van der Waals surface area (Å²) in [6.45, 7) is 0. The molecule has 2 nitrogen and oxygen atoms in total. The summed E-state index contributed by atoms with van der Waals surface area (Å²) in [5.74, 6) is -0.0736. The third-order valence-electron chi connectivity index (χ3n) is 4.07. The van der Waals surface area contributed by atoms with Gasteiger partial charge in [0, 0.05) is 10.9 Å². The molecule has 1 aliphatic rings. The Morgan fingerprint density at radius 3 is 2.45 bits per heavy atom. The summed E-state index contributed by atoms with van der Waals surface area (Å²) in [4.78, 5) is 12.4. The molecule has 1 fully saturated rings. The molecule has 2 aromatic rings. The summed E-state index contributed by atoms with van der Waals surface area (Å²) in [5, 5.41) is 0.622. The minimum atomic E-state index is -0.631. The lowest BCUT2D eigenvalue weighted by Gasteiger charge is -2.17. The molecule has 0 bridgehead atoms. The van der Waals surface area contributed by atoms with Gasteiger partial charge in [0.1, 0.15) is 5.41 Å². The minimum absolute atomic E-state index is 0.135. The summed E-state index contributed by atoms with van der Waals surface area (Å²) in [7, 11) is 1.43. The number of hydrogen-bond donors (Lipinski definition) is 0. The quantitative estimate of drug-likeness (QED) is 0.799. The Hall–Kier alpha value is -1.80. The van der Waals surface area contributed by atoms with E-state index >= 15 is 0 Å². The molecule has 0 spiro atoms. The van der Waals surface area contributed by atoms with Crippen LogP contribution >= 0.6 is 11.6 Å². The largest absolute Gasteiger partial charge is 0.468 e. The lowest BCUT2D eigenvalue weighted by Crippen LogP contribution is -2.24. The highest BCUT2D eigenvalue weighted by Gasteiger charge is 2.63. The molecule has 0 N–H and O–H groups in total. The second kappa shape index (κ2) is 4.95. The first-order valence-electron chi connectivity index (χ1n) is 6.58. The van der Waals surface area contributed by atoms with Crippen LogP contribution in [0, 0.1) is 0 Å². The Bertz CT molecular complexity index is 638. The van der Waals surface area contributed by atoms with Gasteiger partial charge in [-0.05, 0) is 23.6 Å². The number of hydrogen-bond acceptors (Lipinski definition) is 2. The van der Waals surface area contributed by atoms with Gasteiger partial charge in [0.05, 0.1) is 7.11 Å². The third-order valence-corrected chi connectivity index (χ3v) is 4.40. The maximum absolute atomic E-state index is 12.4. The molecule has 3 heteroatoms. The van der Waals surface area contributed by atoms with Gasteiger partial charge >= 0.3 is 5.97 Å². The summed E-state index contributed by atoms with van der Waals surface area (Å²) in [6.07, 6.45) is 0.743. The van der Waals surface area contributed by atoms with Crippen LogP contribution in [0.15, 0.2) is 54.6 Å². The SMILES string of the molecule is COC(=O)[C@@]1(c2ccccc2Cl)C[C@@H]1c1ccccc1. The van der Waals surface area contributed by atoms with Crippen molar-refractivity contribution in [3.63, 3.8) is 0 Å². The van der Waals surface area contributed by atoms with Gasteiger partial charge in [-0.15, -0.1) is 0 Å². The predicted octanol–water partition coefficient (Wildman–Crippen LogP) is 3.94. The van der Waals surface area contributed by atoms with Crippen LogP contribution in [0.5, 0.6) is 0 Å². The van der Waals surface area contributed by atoms with Gasteiger partial charge in [-0.2, -0.15) is 0 Å². The van der Waals surface area contributed by atoms with Gasteiger partial charge in [0.25, 0.3) is 0 Å². The molecular weight excluding hydrogens is 272 g/mol. The van der Waals surface area contributed by atoms with E-state index in [1.807, 2.05) is 54.6 Å². The summed E-state index contributed by atoms with van der Waals surface area (Å²) in [5.41, 5.74) is 1.38. The first-order chi connectivity index (χ1) is 9.70. The first kappa shape index (κ1) is 13.2. The van der Waals surface area contributed by atoms with Crippen molar-refractivity contribution in [1.29, 1.82) is 0 Å². The highest BCUT2D eigenvalue weighted by molar-refractivity contribution is 6.31. The maximum Gasteiger partial charge on any atom is 0.316 e. The smallest absolute Gasteiger partial charge is 0.316 e. The lowest BCUT2D eigenvalue weighted by molar-refractivity contribution is -0.143. The van der Waals surface area contributed by atoms with E-state index in [-0.39, 0.29) is 11.9 Å². The number of methoxy groups -OCH3 is 1. The highest BCUT2D eigenvalue weighted by Crippen LogP contribution is 2.62. The van der Waals surface area contributed by atoms with E-state index in [0.717, 1.165) is 17.5 Å². The second-order valence-corrected chi connectivity index (χ2v) is 5.52. The highest BCUT2D eigenvalue weighted by atomic mass is 35.5. The molecule has 0 heterocycles. The summed E-state index contributed by atoms with van der Waals surface area (Å²) >= 11 is 6.29. The molecule has 0 unspecified atom stereocenters. The topological polar surface area (TPSA) is 26.3 Å². The number of esters is 1. The van der Waals surface area contributed by atoms with Crippen molar-refractivity contribution in [2.75, 3.05) is 7.11 Å². The number of carbonyl (C=O) groups excluding carboxylic acids is 1. The molecule has 0 saturated heterocycles. The van der Waals surface area contributed by atoms with Gasteiger partial charge in [0.15, 0.2) is 0 Å². The van der Waals surface area contributed by atoms with Crippen molar-refractivity contribution in [1.82, 2.24) is 0 Å². The van der Waals surface area contributed by atoms with Crippen molar-refractivity contribution < 1.29 is 9.53 Å². The van der Waals surface area contributed by atoms with Crippen molar-refractivity contribution in [2.24, 2.45) is 0 Å². The van der Waals surface area contributed by atoms with Gasteiger partial charge in [0.2, 0.25) is 0 Å². The van der Waals surface area contributed by atoms with Crippen molar-refractivity contribution in [3.05, 3.63) is 70.7 Å². The standard InChI is InChI=1S/C17H15ClO2/c1-20-16(19)17(13-9-5-6-10-15(13)18)11-14(17)12-7-3-2-4-8-12/h2-10,14H,11H2,1H3/t14-,17-/m1/s1. The van der Waals surface area contributed by atoms with Gasteiger partial charge in [-0.25, -0.2) is 0 Å². The molecule has 0 amide bonds. The Morgan fingerprint density at radius 1 is 1.15 bits per heavy atom. The van der Waals surface area contributed by atoms with Crippen molar-refractivity contribution in [2.45, 2.75) is 17.8 Å². The molecule has 1 aliphatic carbocycles. The Morgan fingerprint density at radius 2 is 1.80 bits per heavy atom. The van der Waals surface area contributed by atoms with Crippen LogP contribution in [-0.4, -0.2) is 13.1 Å². The van der Waals surface area contributed by atoms with E-state index in [9.17, 15) is 4.79 Å². The molecule has 102 valence electrons. The average Bonchev–Trinajstić information content (AvgIpc) is 3.24. The zero-order chi connectivity index (χ0) is 14.2. The van der Waals surface area contributed by atoms with Crippen LogP contribution in [0.1, 0.15) is 23.5 Å². The maximum atomic E-state index is 12.4. The number of benzene rings is 2. The lowest BCUT2D eigenvalue weighted by atomic mass is 9.90. The fourth-order valence-corrected chi connectivity index (χ4v) is 3.29. The number of ether oxygens (including phenoxy) is 1. The Balaban J connectivity index is 2.06. The second-order valence-electron chi connectivity index (χ2n) is 5.11.